The summed E-state index contributed by atoms with van der Waals surface area (Å²) in [6.07, 6.45) is 0. The molecule has 0 amide bonds. The number of aliphatic carboxylic acids is 3. The van der Waals surface area contributed by atoms with Crippen LogP contribution in [-0.2, 0) is 14.4 Å². The van der Waals surface area contributed by atoms with Crippen molar-refractivity contribution < 1.29 is 39.2 Å². The van der Waals surface area contributed by atoms with Gasteiger partial charge in [-0.1, -0.05) is 0 Å². The van der Waals surface area contributed by atoms with Gasteiger partial charge in [-0.3, -0.25) is 0 Å². The van der Waals surface area contributed by atoms with Gasteiger partial charge >= 0.3 is 0 Å². The third-order valence-electron chi connectivity index (χ3n) is 1.20. The second-order valence-corrected chi connectivity index (χ2v) is 3.27. The average molecular weight is 521 g/mol. The van der Waals surface area contributed by atoms with Crippen LogP contribution in [0.2, 0.25) is 0 Å². The van der Waals surface area contributed by atoms with Gasteiger partial charge in [-0.25, -0.2) is 0 Å². The van der Waals surface area contributed by atoms with Crippen molar-refractivity contribution in [2.24, 2.45) is 0 Å². The van der Waals surface area contributed by atoms with E-state index in [-0.39, 0.29) is 27.3 Å². The van der Waals surface area contributed by atoms with Crippen LogP contribution in [0.15, 0.2) is 18.2 Å². The van der Waals surface area contributed by atoms with Crippen molar-refractivity contribution >= 4 is 45.2 Å². The maximum atomic E-state index is 8.89. The number of hydrogen-bond acceptors (Lipinski definition) is 8. The maximum Gasteiger partial charge on any atom is 0.130 e. The van der Waals surface area contributed by atoms with Gasteiger partial charge in [-0.05, 0) is 32.9 Å². The first-order valence-electron chi connectivity index (χ1n) is 5.69. The van der Waals surface area contributed by atoms with Crippen LogP contribution in [0.4, 0.5) is 0 Å². The van der Waals surface area contributed by atoms with Crippen molar-refractivity contribution in [2.45, 2.75) is 20.8 Å². The standard InChI is InChI=1S/C8H9O2.3C2H4O2.Pb/c1-9-7-4-3-5-8(6-7)10-2;3*1-2(3)4;/h3-4,6H,1-2H3;3*1H3,(H,3,4);/p-3. The van der Waals surface area contributed by atoms with E-state index in [1.807, 2.05) is 6.07 Å². The summed E-state index contributed by atoms with van der Waals surface area (Å²) >= 11 is 0. The van der Waals surface area contributed by atoms with Crippen LogP contribution >= 0.6 is 0 Å². The molecule has 1 aromatic rings. The van der Waals surface area contributed by atoms with Gasteiger partial charge < -0.3 is 39.2 Å². The maximum absolute atomic E-state index is 8.89. The van der Waals surface area contributed by atoms with E-state index in [0.717, 1.165) is 26.5 Å². The molecule has 0 saturated heterocycles. The Kier molecular flexibility index (Phi) is 25.6. The summed E-state index contributed by atoms with van der Waals surface area (Å²) in [6, 6.07) is 8.25. The molecule has 0 unspecified atom stereocenters. The van der Waals surface area contributed by atoms with Crippen LogP contribution in [0, 0.1) is 6.07 Å². The normalized spacial score (nSPS) is 7.17. The van der Waals surface area contributed by atoms with Crippen molar-refractivity contribution in [1.29, 1.82) is 0 Å². The van der Waals surface area contributed by atoms with E-state index in [2.05, 4.69) is 6.07 Å². The monoisotopic (exact) mass is 522 g/mol. The molecule has 0 aliphatic rings. The minimum atomic E-state index is -1.08. The number of ether oxygens (including phenoxy) is 2. The van der Waals surface area contributed by atoms with Gasteiger partial charge in [0.05, 0.1) is 14.2 Å². The molecule has 1 rings (SSSR count). The predicted octanol–water partition coefficient (Wildman–Crippen LogP) is -2.61. The first-order chi connectivity index (χ1) is 10.1. The molecular formula is C14H18O8Pb-3. The third-order valence-corrected chi connectivity index (χ3v) is 1.20. The summed E-state index contributed by atoms with van der Waals surface area (Å²) in [4.78, 5) is 26.7. The average Bonchev–Trinajstić information content (AvgIpc) is 2.36. The van der Waals surface area contributed by atoms with Crippen molar-refractivity contribution in [3.8, 4) is 11.5 Å². The fourth-order valence-corrected chi connectivity index (χ4v) is 0.670. The molecular weight excluding hydrogens is 503 g/mol. The van der Waals surface area contributed by atoms with Crippen LogP contribution in [-0.4, -0.2) is 59.4 Å². The molecule has 0 atom stereocenters. The van der Waals surface area contributed by atoms with Gasteiger partial charge in [0.15, 0.2) is 0 Å². The Morgan fingerprint density at radius 3 is 1.52 bits per heavy atom. The van der Waals surface area contributed by atoms with Crippen LogP contribution in [0.5, 0.6) is 11.5 Å². The Morgan fingerprint density at radius 2 is 1.26 bits per heavy atom. The van der Waals surface area contributed by atoms with Crippen LogP contribution in [0.1, 0.15) is 20.8 Å². The molecule has 8 nitrogen and oxygen atoms in total. The number of carboxylic acid groups (broad SMARTS) is 3. The summed E-state index contributed by atoms with van der Waals surface area (Å²) in [7, 11) is 3.22. The van der Waals surface area contributed by atoms with Crippen LogP contribution < -0.4 is 24.8 Å². The summed E-state index contributed by atoms with van der Waals surface area (Å²) in [5, 5.41) is 26.7. The molecule has 5 radical (unpaired) electrons. The molecule has 9 heteroatoms. The SMILES string of the molecule is CC(=O)[O-].CC(=O)[O-].CC(=O)[O-].COc1[c]ccc(OC)c1.[Pb]. The van der Waals surface area contributed by atoms with E-state index in [0.29, 0.717) is 5.75 Å². The van der Waals surface area contributed by atoms with Gasteiger partial charge in [0.2, 0.25) is 0 Å². The minimum absolute atomic E-state index is 0. The number of rotatable bonds is 2. The molecule has 0 bridgehead atoms. The topological polar surface area (TPSA) is 139 Å². The molecule has 0 heterocycles. The van der Waals surface area contributed by atoms with Crippen LogP contribution in [0.3, 0.4) is 0 Å². The summed E-state index contributed by atoms with van der Waals surface area (Å²) in [5.41, 5.74) is 0. The molecule has 0 fully saturated rings. The second-order valence-electron chi connectivity index (χ2n) is 3.27. The molecule has 0 N–H and O–H groups in total. The molecule has 0 aliphatic carbocycles. The zero-order valence-electron chi connectivity index (χ0n) is 13.5. The summed E-state index contributed by atoms with van der Waals surface area (Å²) < 4.78 is 9.88. The van der Waals surface area contributed by atoms with Gasteiger partial charge in [0, 0.05) is 57.3 Å². The van der Waals surface area contributed by atoms with Crippen LogP contribution in [0.25, 0.3) is 0 Å². The summed E-state index contributed by atoms with van der Waals surface area (Å²) in [5.74, 6) is -1.77. The van der Waals surface area contributed by atoms with Crippen molar-refractivity contribution in [3.05, 3.63) is 24.3 Å². The Labute approximate surface area is 155 Å². The number of methoxy groups -OCH3 is 2. The van der Waals surface area contributed by atoms with E-state index < -0.39 is 17.9 Å². The Bertz CT molecular complexity index is 388. The van der Waals surface area contributed by atoms with E-state index >= 15 is 0 Å². The van der Waals surface area contributed by atoms with E-state index in [1.165, 1.54) is 0 Å². The number of carbonyl (C=O) groups excluding carboxylic acids is 3. The largest absolute Gasteiger partial charge is 0.550 e. The van der Waals surface area contributed by atoms with Gasteiger partial charge in [0.1, 0.15) is 11.5 Å². The van der Waals surface area contributed by atoms with E-state index in [4.69, 9.17) is 39.2 Å². The van der Waals surface area contributed by atoms with Gasteiger partial charge in [0.25, 0.3) is 0 Å². The van der Waals surface area contributed by atoms with Crippen molar-refractivity contribution in [2.75, 3.05) is 14.2 Å². The molecule has 0 saturated carbocycles. The molecule has 0 spiro atoms. The molecule has 0 aliphatic heterocycles. The summed E-state index contributed by atoms with van der Waals surface area (Å²) in [6.45, 7) is 2.92. The second kappa shape index (κ2) is 20.2. The number of hydrogen-bond donors (Lipinski definition) is 0. The fraction of sp³-hybridized carbons (Fsp3) is 0.357. The number of carbonyl (C=O) groups is 3. The first kappa shape index (κ1) is 29.2. The first-order valence-corrected chi connectivity index (χ1v) is 5.69. The van der Waals surface area contributed by atoms with Gasteiger partial charge in [-0.2, -0.15) is 0 Å². The minimum Gasteiger partial charge on any atom is -0.550 e. The fourth-order valence-electron chi connectivity index (χ4n) is 0.670. The Hall–Kier alpha value is -1.85. The zero-order valence-corrected chi connectivity index (χ0v) is 17.4. The van der Waals surface area contributed by atoms with E-state index in [1.54, 1.807) is 26.4 Å². The third kappa shape index (κ3) is 45.0. The van der Waals surface area contributed by atoms with Crippen molar-refractivity contribution in [3.63, 3.8) is 0 Å². The van der Waals surface area contributed by atoms with Gasteiger partial charge in [-0.15, -0.1) is 0 Å². The smallest absolute Gasteiger partial charge is 0.130 e. The number of carboxylic acids is 3. The Balaban J connectivity index is -0.000000118. The van der Waals surface area contributed by atoms with E-state index in [9.17, 15) is 0 Å². The molecule has 1 aromatic carbocycles. The quantitative estimate of drug-likeness (QED) is 0.386. The molecule has 23 heavy (non-hydrogen) atoms. The zero-order chi connectivity index (χ0) is 18.1. The predicted molar refractivity (Wildman–Crippen MR) is 76.2 cm³/mol. The van der Waals surface area contributed by atoms with Crippen molar-refractivity contribution in [1.82, 2.24) is 0 Å². The number of benzene rings is 1. The molecule has 0 aromatic heterocycles. The molecule has 129 valence electrons. The Morgan fingerprint density at radius 1 is 0.913 bits per heavy atom.